The highest BCUT2D eigenvalue weighted by Gasteiger charge is 2.33. The summed E-state index contributed by atoms with van der Waals surface area (Å²) in [4.78, 5) is 18.9. The normalized spacial score (nSPS) is 22.0. The van der Waals surface area contributed by atoms with Gasteiger partial charge in [-0.2, -0.15) is 0 Å². The number of aryl methyl sites for hydroxylation is 1. The molecule has 1 unspecified atom stereocenters. The Morgan fingerprint density at radius 1 is 1.14 bits per heavy atom. The van der Waals surface area contributed by atoms with Crippen LogP contribution in [0.15, 0.2) is 30.3 Å². The average Bonchev–Trinajstić information content (AvgIpc) is 2.76. The van der Waals surface area contributed by atoms with Crippen LogP contribution in [0.5, 0.6) is 0 Å². The number of aliphatic hydroxyl groups is 1. The molecule has 3 rings (SSSR count). The van der Waals surface area contributed by atoms with Crippen molar-refractivity contribution < 1.29 is 14.6 Å². The van der Waals surface area contributed by atoms with E-state index >= 15 is 0 Å². The van der Waals surface area contributed by atoms with Crippen molar-refractivity contribution in [3.8, 4) is 0 Å². The highest BCUT2D eigenvalue weighted by molar-refractivity contribution is 5.67. The second-order valence-corrected chi connectivity index (χ2v) is 8.20. The summed E-state index contributed by atoms with van der Waals surface area (Å²) < 4.78 is 5.13. The summed E-state index contributed by atoms with van der Waals surface area (Å²) in [6.07, 6.45) is 4.96. The fraction of sp³-hybridized carbons (Fsp3) is 0.696. The van der Waals surface area contributed by atoms with E-state index in [1.165, 1.54) is 5.56 Å². The number of aliphatic hydroxyl groups excluding tert-OH is 1. The first-order valence-corrected chi connectivity index (χ1v) is 11.3. The van der Waals surface area contributed by atoms with Crippen LogP contribution in [0.1, 0.15) is 38.2 Å². The van der Waals surface area contributed by atoms with E-state index < -0.39 is 0 Å². The number of amides is 1. The van der Waals surface area contributed by atoms with Crippen LogP contribution in [0.3, 0.4) is 0 Å². The van der Waals surface area contributed by atoms with Crippen molar-refractivity contribution in [2.24, 2.45) is 0 Å². The molecular formula is C23H37N3O3. The molecule has 1 amide bonds. The van der Waals surface area contributed by atoms with Crippen molar-refractivity contribution >= 4 is 6.09 Å². The Morgan fingerprint density at radius 3 is 2.59 bits per heavy atom. The summed E-state index contributed by atoms with van der Waals surface area (Å²) in [5.74, 6) is 0. The van der Waals surface area contributed by atoms with Gasteiger partial charge < -0.3 is 14.7 Å². The maximum absolute atomic E-state index is 11.9. The Balaban J connectivity index is 1.45. The van der Waals surface area contributed by atoms with E-state index in [2.05, 4.69) is 40.1 Å². The molecule has 1 atom stereocenters. The predicted octanol–water partition coefficient (Wildman–Crippen LogP) is 2.61. The number of carbonyl (C=O) groups excluding carboxylic acids is 1. The summed E-state index contributed by atoms with van der Waals surface area (Å²) in [5.41, 5.74) is 1.40. The number of benzene rings is 1. The fourth-order valence-electron chi connectivity index (χ4n) is 4.73. The smallest absolute Gasteiger partial charge is 0.409 e. The second-order valence-electron chi connectivity index (χ2n) is 8.20. The molecule has 6 nitrogen and oxygen atoms in total. The number of carbonyl (C=O) groups is 1. The molecular weight excluding hydrogens is 366 g/mol. The quantitative estimate of drug-likeness (QED) is 0.723. The van der Waals surface area contributed by atoms with E-state index in [0.717, 1.165) is 71.4 Å². The van der Waals surface area contributed by atoms with Gasteiger partial charge >= 0.3 is 6.09 Å². The SMILES string of the molecule is CCOC(=O)N1CCC(N2CCN(CCCc3ccccc3)C(CCO)C2)CC1. The molecule has 162 valence electrons. The molecule has 2 saturated heterocycles. The molecule has 2 aliphatic rings. The monoisotopic (exact) mass is 403 g/mol. The Hall–Kier alpha value is -1.63. The molecule has 1 N–H and O–H groups in total. The van der Waals surface area contributed by atoms with Crippen LogP contribution >= 0.6 is 0 Å². The van der Waals surface area contributed by atoms with Gasteiger partial charge in [0, 0.05) is 51.4 Å². The lowest BCUT2D eigenvalue weighted by atomic mass is 9.99. The van der Waals surface area contributed by atoms with Crippen molar-refractivity contribution in [3.05, 3.63) is 35.9 Å². The van der Waals surface area contributed by atoms with E-state index in [-0.39, 0.29) is 12.7 Å². The van der Waals surface area contributed by atoms with E-state index in [4.69, 9.17) is 4.74 Å². The molecule has 0 bridgehead atoms. The van der Waals surface area contributed by atoms with Gasteiger partial charge in [-0.15, -0.1) is 0 Å². The fourth-order valence-corrected chi connectivity index (χ4v) is 4.73. The third-order valence-corrected chi connectivity index (χ3v) is 6.36. The topological polar surface area (TPSA) is 56.2 Å². The lowest BCUT2D eigenvalue weighted by Gasteiger charge is -2.46. The Labute approximate surface area is 175 Å². The van der Waals surface area contributed by atoms with Crippen molar-refractivity contribution in [2.75, 3.05) is 52.5 Å². The first-order valence-electron chi connectivity index (χ1n) is 11.3. The first kappa shape index (κ1) is 22.1. The summed E-state index contributed by atoms with van der Waals surface area (Å²) in [5, 5.41) is 9.58. The van der Waals surface area contributed by atoms with Crippen LogP contribution in [0.4, 0.5) is 4.79 Å². The Kier molecular flexibility index (Phi) is 8.77. The summed E-state index contributed by atoms with van der Waals surface area (Å²) in [7, 11) is 0. The van der Waals surface area contributed by atoms with Gasteiger partial charge in [-0.25, -0.2) is 4.79 Å². The van der Waals surface area contributed by atoms with Crippen molar-refractivity contribution in [2.45, 2.75) is 51.1 Å². The number of rotatable bonds is 8. The van der Waals surface area contributed by atoms with Gasteiger partial charge in [0.05, 0.1) is 6.61 Å². The number of ether oxygens (including phenoxy) is 1. The minimum absolute atomic E-state index is 0.174. The first-order chi connectivity index (χ1) is 14.2. The molecule has 2 aliphatic heterocycles. The average molecular weight is 404 g/mol. The number of piperidine rings is 1. The zero-order chi connectivity index (χ0) is 20.5. The van der Waals surface area contributed by atoms with Crippen LogP contribution in [0.2, 0.25) is 0 Å². The highest BCUT2D eigenvalue weighted by atomic mass is 16.6. The summed E-state index contributed by atoms with van der Waals surface area (Å²) >= 11 is 0. The molecule has 0 aliphatic carbocycles. The number of piperazine rings is 1. The van der Waals surface area contributed by atoms with Crippen molar-refractivity contribution in [1.82, 2.24) is 14.7 Å². The van der Waals surface area contributed by atoms with Gasteiger partial charge in [-0.3, -0.25) is 9.80 Å². The maximum Gasteiger partial charge on any atom is 0.409 e. The zero-order valence-corrected chi connectivity index (χ0v) is 17.8. The van der Waals surface area contributed by atoms with Gasteiger partial charge in [-0.1, -0.05) is 30.3 Å². The Bertz CT molecular complexity index is 605. The van der Waals surface area contributed by atoms with Gasteiger partial charge in [0.1, 0.15) is 0 Å². The van der Waals surface area contributed by atoms with Gasteiger partial charge in [0.15, 0.2) is 0 Å². The molecule has 0 saturated carbocycles. The molecule has 6 heteroatoms. The van der Waals surface area contributed by atoms with Gasteiger partial charge in [0.25, 0.3) is 0 Å². The van der Waals surface area contributed by atoms with Crippen LogP contribution < -0.4 is 0 Å². The number of likely N-dealkylation sites (tertiary alicyclic amines) is 1. The third kappa shape index (κ3) is 6.43. The van der Waals surface area contributed by atoms with Crippen LogP contribution in [0, 0.1) is 0 Å². The zero-order valence-electron chi connectivity index (χ0n) is 17.8. The summed E-state index contributed by atoms with van der Waals surface area (Å²) in [6.45, 7) is 8.37. The molecule has 2 heterocycles. The standard InChI is InChI=1S/C23H37N3O3/c1-2-29-23(28)25-14-10-21(11-15-25)26-17-16-24(22(19-26)12-18-27)13-6-9-20-7-4-3-5-8-20/h3-5,7-8,21-22,27H,2,6,9-19H2,1H3. The maximum atomic E-state index is 11.9. The number of nitrogens with zero attached hydrogens (tertiary/aromatic N) is 3. The molecule has 2 fully saturated rings. The van der Waals surface area contributed by atoms with E-state index in [1.54, 1.807) is 0 Å². The minimum atomic E-state index is -0.174. The molecule has 1 aromatic rings. The highest BCUT2D eigenvalue weighted by Crippen LogP contribution is 2.22. The number of hydrogen-bond donors (Lipinski definition) is 1. The van der Waals surface area contributed by atoms with Crippen LogP contribution in [-0.4, -0.2) is 90.5 Å². The largest absolute Gasteiger partial charge is 0.450 e. The second kappa shape index (κ2) is 11.5. The lowest BCUT2D eigenvalue weighted by Crippen LogP contribution is -2.58. The minimum Gasteiger partial charge on any atom is -0.450 e. The van der Waals surface area contributed by atoms with E-state index in [1.807, 2.05) is 11.8 Å². The van der Waals surface area contributed by atoms with Crippen molar-refractivity contribution in [3.63, 3.8) is 0 Å². The molecule has 29 heavy (non-hydrogen) atoms. The van der Waals surface area contributed by atoms with Gasteiger partial charge in [-0.05, 0) is 51.1 Å². The van der Waals surface area contributed by atoms with Crippen LogP contribution in [-0.2, 0) is 11.2 Å². The molecule has 1 aromatic carbocycles. The Morgan fingerprint density at radius 2 is 1.90 bits per heavy atom. The molecule has 0 spiro atoms. The van der Waals surface area contributed by atoms with E-state index in [9.17, 15) is 9.90 Å². The lowest BCUT2D eigenvalue weighted by molar-refractivity contribution is 0.0152. The third-order valence-electron chi connectivity index (χ3n) is 6.36. The molecule has 0 radical (unpaired) electrons. The predicted molar refractivity (Wildman–Crippen MR) is 115 cm³/mol. The van der Waals surface area contributed by atoms with Gasteiger partial charge in [0.2, 0.25) is 0 Å². The molecule has 0 aromatic heterocycles. The summed E-state index contributed by atoms with van der Waals surface area (Å²) in [6, 6.07) is 11.6. The van der Waals surface area contributed by atoms with E-state index in [0.29, 0.717) is 18.7 Å². The number of hydrogen-bond acceptors (Lipinski definition) is 5. The van der Waals surface area contributed by atoms with Crippen molar-refractivity contribution in [1.29, 1.82) is 0 Å². The van der Waals surface area contributed by atoms with Crippen LogP contribution in [0.25, 0.3) is 0 Å².